The Kier molecular flexibility index (Phi) is 6.49. The highest BCUT2D eigenvalue weighted by molar-refractivity contribution is 6.30. The molecule has 0 aliphatic carbocycles. The Hall–Kier alpha value is -2.24. The molecule has 160 valence electrons. The summed E-state index contributed by atoms with van der Waals surface area (Å²) < 4.78 is 6.00. The van der Waals surface area contributed by atoms with Crippen LogP contribution < -0.4 is 15.0 Å². The lowest BCUT2D eigenvalue weighted by Gasteiger charge is -2.45. The molecule has 2 aliphatic rings. The minimum absolute atomic E-state index is 0.0931. The van der Waals surface area contributed by atoms with Gasteiger partial charge in [-0.1, -0.05) is 11.6 Å². The van der Waals surface area contributed by atoms with E-state index in [1.807, 2.05) is 24.3 Å². The SMILES string of the molecule is CC1CN(c2ccc(Cl)cc2)CC(C)N1CCCOc1ccc2c(c1)CCC(=O)N2. The molecule has 1 N–H and O–H groups in total. The fraction of sp³-hybridized carbons (Fsp3) is 0.458. The van der Waals surface area contributed by atoms with Gasteiger partial charge in [0.05, 0.1) is 6.61 Å². The quantitative estimate of drug-likeness (QED) is 0.684. The van der Waals surface area contributed by atoms with E-state index in [0.717, 1.165) is 54.5 Å². The molecule has 0 bridgehead atoms. The van der Waals surface area contributed by atoms with Crippen molar-refractivity contribution in [2.45, 2.75) is 45.2 Å². The van der Waals surface area contributed by atoms with Gasteiger partial charge in [0.2, 0.25) is 5.91 Å². The molecule has 0 aromatic heterocycles. The highest BCUT2D eigenvalue weighted by atomic mass is 35.5. The lowest BCUT2D eigenvalue weighted by Crippen LogP contribution is -2.57. The molecule has 2 unspecified atom stereocenters. The lowest BCUT2D eigenvalue weighted by molar-refractivity contribution is -0.116. The average molecular weight is 428 g/mol. The van der Waals surface area contributed by atoms with Crippen molar-refractivity contribution in [3.05, 3.63) is 53.1 Å². The van der Waals surface area contributed by atoms with Crippen LogP contribution in [-0.2, 0) is 11.2 Å². The van der Waals surface area contributed by atoms with Gasteiger partial charge in [0.25, 0.3) is 0 Å². The van der Waals surface area contributed by atoms with Crippen molar-refractivity contribution in [2.75, 3.05) is 36.5 Å². The van der Waals surface area contributed by atoms with E-state index in [1.54, 1.807) is 0 Å². The van der Waals surface area contributed by atoms with Crippen molar-refractivity contribution >= 4 is 28.9 Å². The third-order valence-corrected chi connectivity index (χ3v) is 6.35. The first kappa shape index (κ1) is 21.0. The van der Waals surface area contributed by atoms with Gasteiger partial charge in [0, 0.05) is 54.5 Å². The second-order valence-electron chi connectivity index (χ2n) is 8.39. The molecule has 1 saturated heterocycles. The molecular weight excluding hydrogens is 398 g/mol. The van der Waals surface area contributed by atoms with Gasteiger partial charge in [0.15, 0.2) is 0 Å². The number of fused-ring (bicyclic) bond motifs is 1. The normalized spacial score (nSPS) is 21.8. The summed E-state index contributed by atoms with van der Waals surface area (Å²) in [6.45, 7) is 8.36. The minimum Gasteiger partial charge on any atom is -0.494 e. The largest absolute Gasteiger partial charge is 0.494 e. The molecule has 2 aliphatic heterocycles. The maximum atomic E-state index is 11.5. The topological polar surface area (TPSA) is 44.8 Å². The number of piperazine rings is 1. The van der Waals surface area contributed by atoms with Crippen LogP contribution in [0.5, 0.6) is 5.75 Å². The molecule has 1 amide bonds. The maximum absolute atomic E-state index is 11.5. The number of rotatable bonds is 6. The van der Waals surface area contributed by atoms with Crippen LogP contribution in [0, 0.1) is 0 Å². The number of ether oxygens (including phenoxy) is 1. The Bertz CT molecular complexity index is 875. The second-order valence-corrected chi connectivity index (χ2v) is 8.82. The van der Waals surface area contributed by atoms with Gasteiger partial charge in [-0.3, -0.25) is 9.69 Å². The zero-order chi connectivity index (χ0) is 21.1. The van der Waals surface area contributed by atoms with Gasteiger partial charge < -0.3 is 15.0 Å². The third kappa shape index (κ3) is 4.90. The summed E-state index contributed by atoms with van der Waals surface area (Å²) in [6.07, 6.45) is 2.32. The Labute approximate surface area is 184 Å². The van der Waals surface area contributed by atoms with E-state index in [2.05, 4.69) is 47.2 Å². The van der Waals surface area contributed by atoms with Crippen LogP contribution in [0.3, 0.4) is 0 Å². The van der Waals surface area contributed by atoms with Crippen LogP contribution in [0.15, 0.2) is 42.5 Å². The van der Waals surface area contributed by atoms with Crippen LogP contribution in [0.2, 0.25) is 5.02 Å². The first-order chi connectivity index (χ1) is 14.5. The van der Waals surface area contributed by atoms with Crippen LogP contribution in [0.25, 0.3) is 0 Å². The molecule has 2 atom stereocenters. The third-order valence-electron chi connectivity index (χ3n) is 6.09. The number of amides is 1. The van der Waals surface area contributed by atoms with Gasteiger partial charge in [-0.05, 0) is 74.7 Å². The summed E-state index contributed by atoms with van der Waals surface area (Å²) in [7, 11) is 0. The number of carbonyl (C=O) groups is 1. The highest BCUT2D eigenvalue weighted by Gasteiger charge is 2.29. The Balaban J connectivity index is 1.25. The number of nitrogens with one attached hydrogen (secondary N) is 1. The maximum Gasteiger partial charge on any atom is 0.224 e. The standard InChI is InChI=1S/C24H30ClN3O2/c1-17-15-27(21-7-5-20(25)6-8-21)16-18(2)28(17)12-3-13-30-22-9-10-23-19(14-22)4-11-24(29)26-23/h5-10,14,17-18H,3-4,11-13,15-16H2,1-2H3,(H,26,29). The molecule has 30 heavy (non-hydrogen) atoms. The number of benzene rings is 2. The molecule has 5 nitrogen and oxygen atoms in total. The Morgan fingerprint density at radius 1 is 1.07 bits per heavy atom. The van der Waals surface area contributed by atoms with Crippen molar-refractivity contribution in [2.24, 2.45) is 0 Å². The van der Waals surface area contributed by atoms with Crippen LogP contribution >= 0.6 is 11.6 Å². The van der Waals surface area contributed by atoms with Crippen molar-refractivity contribution < 1.29 is 9.53 Å². The zero-order valence-electron chi connectivity index (χ0n) is 17.7. The first-order valence-corrected chi connectivity index (χ1v) is 11.2. The molecule has 0 spiro atoms. The van der Waals surface area contributed by atoms with E-state index in [9.17, 15) is 4.79 Å². The summed E-state index contributed by atoms with van der Waals surface area (Å²) in [5, 5.41) is 3.69. The van der Waals surface area contributed by atoms with E-state index < -0.39 is 0 Å². The minimum atomic E-state index is 0.0931. The predicted octanol–water partition coefficient (Wildman–Crippen LogP) is 4.59. The van der Waals surface area contributed by atoms with Gasteiger partial charge in [-0.15, -0.1) is 0 Å². The van der Waals surface area contributed by atoms with E-state index in [4.69, 9.17) is 16.3 Å². The lowest BCUT2D eigenvalue weighted by atomic mass is 10.0. The second kappa shape index (κ2) is 9.27. The molecule has 2 aromatic rings. The number of halogens is 1. The Morgan fingerprint density at radius 2 is 1.80 bits per heavy atom. The molecule has 0 radical (unpaired) electrons. The summed E-state index contributed by atoms with van der Waals surface area (Å²) >= 11 is 6.03. The molecule has 2 heterocycles. The fourth-order valence-corrected chi connectivity index (χ4v) is 4.67. The molecule has 4 rings (SSSR count). The number of carbonyl (C=O) groups excluding carboxylic acids is 1. The average Bonchev–Trinajstić information content (AvgIpc) is 2.73. The number of hydrogen-bond acceptors (Lipinski definition) is 4. The number of anilines is 2. The summed E-state index contributed by atoms with van der Waals surface area (Å²) in [5.74, 6) is 0.981. The van der Waals surface area contributed by atoms with E-state index >= 15 is 0 Å². The van der Waals surface area contributed by atoms with Crippen LogP contribution in [-0.4, -0.2) is 49.1 Å². The number of hydrogen-bond donors (Lipinski definition) is 1. The van der Waals surface area contributed by atoms with Gasteiger partial charge in [-0.25, -0.2) is 0 Å². The van der Waals surface area contributed by atoms with Crippen LogP contribution in [0.4, 0.5) is 11.4 Å². The monoisotopic (exact) mass is 427 g/mol. The molecule has 2 aromatic carbocycles. The fourth-order valence-electron chi connectivity index (χ4n) is 4.55. The smallest absolute Gasteiger partial charge is 0.224 e. The van der Waals surface area contributed by atoms with Crippen molar-refractivity contribution in [1.82, 2.24) is 4.90 Å². The zero-order valence-corrected chi connectivity index (χ0v) is 18.5. The molecular formula is C24H30ClN3O2. The van der Waals surface area contributed by atoms with E-state index in [1.165, 1.54) is 5.69 Å². The van der Waals surface area contributed by atoms with E-state index in [0.29, 0.717) is 25.1 Å². The van der Waals surface area contributed by atoms with E-state index in [-0.39, 0.29) is 5.91 Å². The predicted molar refractivity (Wildman–Crippen MR) is 123 cm³/mol. The molecule has 0 saturated carbocycles. The Morgan fingerprint density at radius 3 is 2.53 bits per heavy atom. The summed E-state index contributed by atoms with van der Waals surface area (Å²) in [4.78, 5) is 16.5. The molecule has 1 fully saturated rings. The first-order valence-electron chi connectivity index (χ1n) is 10.8. The molecule has 6 heteroatoms. The van der Waals surface area contributed by atoms with Gasteiger partial charge in [-0.2, -0.15) is 0 Å². The summed E-state index contributed by atoms with van der Waals surface area (Å²) in [5.41, 5.74) is 3.32. The van der Waals surface area contributed by atoms with Crippen LogP contribution in [0.1, 0.15) is 32.3 Å². The van der Waals surface area contributed by atoms with Gasteiger partial charge in [0.1, 0.15) is 5.75 Å². The highest BCUT2D eigenvalue weighted by Crippen LogP contribution is 2.27. The van der Waals surface area contributed by atoms with Crippen molar-refractivity contribution in [3.8, 4) is 5.75 Å². The summed E-state index contributed by atoms with van der Waals surface area (Å²) in [6, 6.07) is 15.1. The van der Waals surface area contributed by atoms with Crippen molar-refractivity contribution in [3.63, 3.8) is 0 Å². The van der Waals surface area contributed by atoms with Crippen molar-refractivity contribution in [1.29, 1.82) is 0 Å². The number of nitrogens with zero attached hydrogens (tertiary/aromatic N) is 2. The van der Waals surface area contributed by atoms with Gasteiger partial charge >= 0.3 is 0 Å². The number of aryl methyl sites for hydroxylation is 1.